The van der Waals surface area contributed by atoms with Crippen LogP contribution in [0.5, 0.6) is 5.75 Å². The van der Waals surface area contributed by atoms with E-state index in [4.69, 9.17) is 10.5 Å². The monoisotopic (exact) mass is 286 g/mol. The summed E-state index contributed by atoms with van der Waals surface area (Å²) in [6.45, 7) is 5.84. The summed E-state index contributed by atoms with van der Waals surface area (Å²) in [5.74, 6) is 0.842. The van der Waals surface area contributed by atoms with Gasteiger partial charge in [0.05, 0.1) is 22.5 Å². The average molecular weight is 287 g/mol. The zero-order valence-corrected chi connectivity index (χ0v) is 11.4. The quantitative estimate of drug-likeness (QED) is 0.785. The summed E-state index contributed by atoms with van der Waals surface area (Å²) in [6, 6.07) is 3.83. The van der Waals surface area contributed by atoms with Gasteiger partial charge in [0.15, 0.2) is 0 Å². The van der Waals surface area contributed by atoms with Crippen LogP contribution in [-0.4, -0.2) is 13.2 Å². The van der Waals surface area contributed by atoms with Crippen LogP contribution in [0.4, 0.5) is 11.4 Å². The molecule has 0 saturated heterocycles. The van der Waals surface area contributed by atoms with Gasteiger partial charge in [-0.05, 0) is 34.8 Å². The molecule has 0 atom stereocenters. The molecule has 0 aromatic heterocycles. The van der Waals surface area contributed by atoms with Crippen molar-refractivity contribution in [1.82, 2.24) is 0 Å². The molecule has 90 valence electrons. The van der Waals surface area contributed by atoms with Crippen molar-refractivity contribution in [1.29, 1.82) is 0 Å². The van der Waals surface area contributed by atoms with Crippen molar-refractivity contribution < 1.29 is 4.74 Å². The zero-order valence-electron chi connectivity index (χ0n) is 9.85. The van der Waals surface area contributed by atoms with Crippen LogP contribution in [0.1, 0.15) is 26.7 Å². The first-order valence-corrected chi connectivity index (χ1v) is 6.44. The van der Waals surface area contributed by atoms with Gasteiger partial charge in [0.1, 0.15) is 5.75 Å². The van der Waals surface area contributed by atoms with E-state index in [0.717, 1.165) is 47.6 Å². The van der Waals surface area contributed by atoms with Crippen LogP contribution in [0.2, 0.25) is 0 Å². The molecule has 1 rings (SSSR count). The average Bonchev–Trinajstić information content (AvgIpc) is 2.26. The second kappa shape index (κ2) is 6.63. The Kier molecular flexibility index (Phi) is 5.46. The minimum atomic E-state index is 0.718. The van der Waals surface area contributed by atoms with E-state index in [0.29, 0.717) is 0 Å². The first kappa shape index (κ1) is 13.2. The lowest BCUT2D eigenvalue weighted by molar-refractivity contribution is 0.315. The summed E-state index contributed by atoms with van der Waals surface area (Å²) >= 11 is 3.45. The molecule has 0 aliphatic carbocycles. The number of hydrogen-bond acceptors (Lipinski definition) is 3. The normalized spacial score (nSPS) is 10.2. The zero-order chi connectivity index (χ0) is 12.0. The molecule has 0 unspecified atom stereocenters. The standard InChI is InChI=1S/C12H19BrN2O/c1-3-5-15-11-8-12(16-6-4-2)9(13)7-10(11)14/h7-8,15H,3-6,14H2,1-2H3. The number of ether oxygens (including phenoxy) is 1. The van der Waals surface area contributed by atoms with Gasteiger partial charge in [0, 0.05) is 12.6 Å². The molecule has 0 aliphatic rings. The molecule has 0 saturated carbocycles. The van der Waals surface area contributed by atoms with E-state index in [-0.39, 0.29) is 0 Å². The molecular weight excluding hydrogens is 268 g/mol. The summed E-state index contributed by atoms with van der Waals surface area (Å²) in [5.41, 5.74) is 7.59. The number of anilines is 2. The van der Waals surface area contributed by atoms with Crippen LogP contribution in [0.15, 0.2) is 16.6 Å². The van der Waals surface area contributed by atoms with Crippen LogP contribution in [0, 0.1) is 0 Å². The number of halogens is 1. The highest BCUT2D eigenvalue weighted by molar-refractivity contribution is 9.10. The maximum Gasteiger partial charge on any atom is 0.135 e. The van der Waals surface area contributed by atoms with E-state index >= 15 is 0 Å². The second-order valence-corrected chi connectivity index (χ2v) is 4.50. The van der Waals surface area contributed by atoms with Gasteiger partial charge < -0.3 is 15.8 Å². The molecule has 0 aliphatic heterocycles. The van der Waals surface area contributed by atoms with Crippen molar-refractivity contribution in [2.75, 3.05) is 24.2 Å². The van der Waals surface area contributed by atoms with Gasteiger partial charge in [-0.2, -0.15) is 0 Å². The Bertz CT molecular complexity index is 313. The van der Waals surface area contributed by atoms with E-state index < -0.39 is 0 Å². The van der Waals surface area contributed by atoms with Crippen molar-refractivity contribution in [3.8, 4) is 5.75 Å². The minimum absolute atomic E-state index is 0.718. The first-order chi connectivity index (χ1) is 7.69. The van der Waals surface area contributed by atoms with E-state index in [1.54, 1.807) is 0 Å². The van der Waals surface area contributed by atoms with E-state index in [2.05, 4.69) is 35.1 Å². The maximum atomic E-state index is 5.91. The van der Waals surface area contributed by atoms with Gasteiger partial charge in [-0.3, -0.25) is 0 Å². The predicted octanol–water partition coefficient (Wildman–Crippen LogP) is 3.64. The predicted molar refractivity (Wildman–Crippen MR) is 73.1 cm³/mol. The Morgan fingerprint density at radius 1 is 1.31 bits per heavy atom. The van der Waals surface area contributed by atoms with Crippen molar-refractivity contribution in [3.05, 3.63) is 16.6 Å². The molecule has 0 spiro atoms. The highest BCUT2D eigenvalue weighted by Gasteiger charge is 2.06. The van der Waals surface area contributed by atoms with E-state index in [1.807, 2.05) is 12.1 Å². The van der Waals surface area contributed by atoms with Gasteiger partial charge in [-0.25, -0.2) is 0 Å². The van der Waals surface area contributed by atoms with Crippen molar-refractivity contribution in [3.63, 3.8) is 0 Å². The Hall–Kier alpha value is -0.900. The fraction of sp³-hybridized carbons (Fsp3) is 0.500. The van der Waals surface area contributed by atoms with Crippen LogP contribution in [0.3, 0.4) is 0 Å². The molecule has 3 nitrogen and oxygen atoms in total. The molecule has 0 bridgehead atoms. The van der Waals surface area contributed by atoms with Crippen LogP contribution in [0.25, 0.3) is 0 Å². The second-order valence-electron chi connectivity index (χ2n) is 3.65. The van der Waals surface area contributed by atoms with Gasteiger partial charge >= 0.3 is 0 Å². The fourth-order valence-electron chi connectivity index (χ4n) is 1.30. The number of nitrogen functional groups attached to an aromatic ring is 1. The third-order valence-corrected chi connectivity index (χ3v) is 2.75. The lowest BCUT2D eigenvalue weighted by Gasteiger charge is -2.13. The Morgan fingerprint density at radius 3 is 2.69 bits per heavy atom. The summed E-state index contributed by atoms with van der Waals surface area (Å²) in [7, 11) is 0. The lowest BCUT2D eigenvalue weighted by Crippen LogP contribution is -2.04. The van der Waals surface area contributed by atoms with E-state index in [1.165, 1.54) is 0 Å². The first-order valence-electron chi connectivity index (χ1n) is 5.64. The molecule has 1 aromatic carbocycles. The SMILES string of the molecule is CCCNc1cc(OCCC)c(Br)cc1N. The molecule has 4 heteroatoms. The molecule has 0 amide bonds. The van der Waals surface area contributed by atoms with Gasteiger partial charge in [-0.1, -0.05) is 13.8 Å². The van der Waals surface area contributed by atoms with Crippen LogP contribution < -0.4 is 15.8 Å². The molecule has 16 heavy (non-hydrogen) atoms. The van der Waals surface area contributed by atoms with E-state index in [9.17, 15) is 0 Å². The summed E-state index contributed by atoms with van der Waals surface area (Å²) in [4.78, 5) is 0. The summed E-state index contributed by atoms with van der Waals surface area (Å²) in [5, 5.41) is 3.28. The maximum absolute atomic E-state index is 5.91. The number of nitrogens with two attached hydrogens (primary N) is 1. The fourth-order valence-corrected chi connectivity index (χ4v) is 1.78. The van der Waals surface area contributed by atoms with Gasteiger partial charge in [0.2, 0.25) is 0 Å². The molecule has 1 aromatic rings. The summed E-state index contributed by atoms with van der Waals surface area (Å²) in [6.07, 6.45) is 2.06. The topological polar surface area (TPSA) is 47.3 Å². The molecular formula is C12H19BrN2O. The molecule has 0 fully saturated rings. The Balaban J connectivity index is 2.83. The molecule has 0 heterocycles. The number of hydrogen-bond donors (Lipinski definition) is 2. The number of benzene rings is 1. The number of nitrogens with one attached hydrogen (secondary N) is 1. The number of rotatable bonds is 6. The lowest BCUT2D eigenvalue weighted by atomic mass is 10.2. The Morgan fingerprint density at radius 2 is 2.06 bits per heavy atom. The minimum Gasteiger partial charge on any atom is -0.492 e. The van der Waals surface area contributed by atoms with Crippen LogP contribution in [-0.2, 0) is 0 Å². The van der Waals surface area contributed by atoms with Crippen LogP contribution >= 0.6 is 15.9 Å². The highest BCUT2D eigenvalue weighted by Crippen LogP contribution is 2.33. The van der Waals surface area contributed by atoms with Crippen molar-refractivity contribution >= 4 is 27.3 Å². The molecule has 0 radical (unpaired) electrons. The van der Waals surface area contributed by atoms with Crippen molar-refractivity contribution in [2.24, 2.45) is 0 Å². The largest absolute Gasteiger partial charge is 0.492 e. The summed E-state index contributed by atoms with van der Waals surface area (Å²) < 4.78 is 6.52. The smallest absolute Gasteiger partial charge is 0.135 e. The molecule has 3 N–H and O–H groups in total. The van der Waals surface area contributed by atoms with Gasteiger partial charge in [-0.15, -0.1) is 0 Å². The highest BCUT2D eigenvalue weighted by atomic mass is 79.9. The Labute approximate surface area is 105 Å². The van der Waals surface area contributed by atoms with Crippen molar-refractivity contribution in [2.45, 2.75) is 26.7 Å². The third-order valence-electron chi connectivity index (χ3n) is 2.13. The third kappa shape index (κ3) is 3.59. The van der Waals surface area contributed by atoms with Gasteiger partial charge in [0.25, 0.3) is 0 Å².